The Labute approximate surface area is 138 Å². The van der Waals surface area contributed by atoms with Crippen LogP contribution in [0.3, 0.4) is 0 Å². The Morgan fingerprint density at radius 3 is 2.74 bits per heavy atom. The number of nitrogens with one attached hydrogen (secondary N) is 2. The van der Waals surface area contributed by atoms with Gasteiger partial charge in [-0.3, -0.25) is 0 Å². The van der Waals surface area contributed by atoms with E-state index in [2.05, 4.69) is 15.6 Å². The lowest BCUT2D eigenvalue weighted by Gasteiger charge is -2.08. The smallest absolute Gasteiger partial charge is 0.315 e. The number of halogens is 1. The van der Waals surface area contributed by atoms with Crippen LogP contribution in [0.5, 0.6) is 5.75 Å². The molecule has 2 aromatic rings. The van der Waals surface area contributed by atoms with Crippen LogP contribution in [0.1, 0.15) is 22.7 Å². The van der Waals surface area contributed by atoms with Crippen LogP contribution >= 0.6 is 11.3 Å². The van der Waals surface area contributed by atoms with Crippen molar-refractivity contribution in [3.8, 4) is 5.75 Å². The number of benzene rings is 1. The van der Waals surface area contributed by atoms with Crippen LogP contribution in [-0.4, -0.2) is 24.2 Å². The molecule has 2 rings (SSSR count). The Bertz CT molecular complexity index is 616. The molecule has 0 aliphatic heterocycles. The summed E-state index contributed by atoms with van der Waals surface area (Å²) in [5.41, 5.74) is 0. The Balaban J connectivity index is 1.49. The molecule has 7 heteroatoms. The molecule has 0 bridgehead atoms. The van der Waals surface area contributed by atoms with Crippen LogP contribution in [0.4, 0.5) is 9.18 Å². The third-order valence-electron chi connectivity index (χ3n) is 3.03. The van der Waals surface area contributed by atoms with Crippen LogP contribution in [0, 0.1) is 12.7 Å². The van der Waals surface area contributed by atoms with Crippen molar-refractivity contribution < 1.29 is 13.9 Å². The molecule has 0 aliphatic rings. The molecule has 23 heavy (non-hydrogen) atoms. The summed E-state index contributed by atoms with van der Waals surface area (Å²) in [4.78, 5) is 16.8. The molecule has 2 N–H and O–H groups in total. The number of amides is 2. The highest BCUT2D eigenvalue weighted by Crippen LogP contribution is 2.11. The Hall–Kier alpha value is -2.15. The highest BCUT2D eigenvalue weighted by molar-refractivity contribution is 7.11. The zero-order valence-electron chi connectivity index (χ0n) is 13.0. The number of hydrogen-bond acceptors (Lipinski definition) is 4. The molecule has 0 saturated carbocycles. The van der Waals surface area contributed by atoms with Crippen LogP contribution in [-0.2, 0) is 6.54 Å². The zero-order chi connectivity index (χ0) is 16.5. The lowest BCUT2D eigenvalue weighted by atomic mass is 10.3. The van der Waals surface area contributed by atoms with Gasteiger partial charge in [0.25, 0.3) is 0 Å². The lowest BCUT2D eigenvalue weighted by molar-refractivity contribution is 0.239. The van der Waals surface area contributed by atoms with Crippen molar-refractivity contribution in [3.05, 3.63) is 46.2 Å². The number of nitrogens with zero attached hydrogens (tertiary/aromatic N) is 1. The number of aryl methyl sites for hydroxylation is 1. The Kier molecular flexibility index (Phi) is 6.80. The van der Waals surface area contributed by atoms with E-state index in [0.29, 0.717) is 25.4 Å². The van der Waals surface area contributed by atoms with E-state index < -0.39 is 0 Å². The fourth-order valence-corrected chi connectivity index (χ4v) is 2.60. The maximum absolute atomic E-state index is 12.7. The predicted octanol–water partition coefficient (Wildman–Crippen LogP) is 3.25. The predicted molar refractivity (Wildman–Crippen MR) is 88.2 cm³/mol. The second kappa shape index (κ2) is 9.09. The van der Waals surface area contributed by atoms with Gasteiger partial charge < -0.3 is 15.4 Å². The minimum absolute atomic E-state index is 0.185. The van der Waals surface area contributed by atoms with Crippen molar-refractivity contribution in [1.29, 1.82) is 0 Å². The topological polar surface area (TPSA) is 63.2 Å². The fraction of sp³-hybridized carbons (Fsp3) is 0.375. The third-order valence-corrected chi connectivity index (χ3v) is 3.94. The first-order valence-electron chi connectivity index (χ1n) is 7.45. The normalized spacial score (nSPS) is 10.3. The van der Waals surface area contributed by atoms with Gasteiger partial charge in [-0.25, -0.2) is 14.2 Å². The second-order valence-electron chi connectivity index (χ2n) is 4.96. The highest BCUT2D eigenvalue weighted by Gasteiger charge is 2.02. The number of carbonyl (C=O) groups excluding carboxylic acids is 1. The maximum atomic E-state index is 12.7. The molecule has 0 fully saturated rings. The Morgan fingerprint density at radius 2 is 2.04 bits per heavy atom. The van der Waals surface area contributed by atoms with E-state index in [-0.39, 0.29) is 11.8 Å². The van der Waals surface area contributed by atoms with E-state index in [4.69, 9.17) is 4.74 Å². The highest BCUT2D eigenvalue weighted by atomic mass is 32.1. The van der Waals surface area contributed by atoms with Gasteiger partial charge in [-0.05, 0) is 44.0 Å². The van der Waals surface area contributed by atoms with Crippen molar-refractivity contribution in [3.63, 3.8) is 0 Å². The SMILES string of the molecule is Cc1ncc(CNC(=O)NCCCCOc2ccc(F)cc2)s1. The average Bonchev–Trinajstić information content (AvgIpc) is 2.96. The Morgan fingerprint density at radius 1 is 1.26 bits per heavy atom. The first kappa shape index (κ1) is 17.2. The third kappa shape index (κ3) is 6.65. The van der Waals surface area contributed by atoms with Gasteiger partial charge in [0.2, 0.25) is 0 Å². The number of rotatable bonds is 8. The van der Waals surface area contributed by atoms with Crippen molar-refractivity contribution in [2.24, 2.45) is 0 Å². The van der Waals surface area contributed by atoms with Crippen LogP contribution in [0.2, 0.25) is 0 Å². The van der Waals surface area contributed by atoms with Gasteiger partial charge in [0.1, 0.15) is 11.6 Å². The number of thiazole rings is 1. The van der Waals surface area contributed by atoms with E-state index in [0.717, 1.165) is 22.7 Å². The molecule has 0 spiro atoms. The summed E-state index contributed by atoms with van der Waals surface area (Å²) in [7, 11) is 0. The number of aromatic nitrogens is 1. The summed E-state index contributed by atoms with van der Waals surface area (Å²) < 4.78 is 18.2. The summed E-state index contributed by atoms with van der Waals surface area (Å²) in [6.45, 7) is 3.54. The zero-order valence-corrected chi connectivity index (χ0v) is 13.8. The summed E-state index contributed by atoms with van der Waals surface area (Å²) in [6.07, 6.45) is 3.40. The minimum atomic E-state index is -0.277. The quantitative estimate of drug-likeness (QED) is 0.727. The maximum Gasteiger partial charge on any atom is 0.315 e. The first-order chi connectivity index (χ1) is 11.1. The van der Waals surface area contributed by atoms with E-state index >= 15 is 0 Å². The van der Waals surface area contributed by atoms with Gasteiger partial charge in [0.05, 0.1) is 18.2 Å². The summed E-state index contributed by atoms with van der Waals surface area (Å²) in [5, 5.41) is 6.57. The number of hydrogen-bond donors (Lipinski definition) is 2. The molecule has 0 aliphatic carbocycles. The molecule has 5 nitrogen and oxygen atoms in total. The molecule has 0 radical (unpaired) electrons. The van der Waals surface area contributed by atoms with Crippen LogP contribution < -0.4 is 15.4 Å². The number of carbonyl (C=O) groups is 1. The van der Waals surface area contributed by atoms with E-state index in [1.54, 1.807) is 29.7 Å². The fourth-order valence-electron chi connectivity index (χ4n) is 1.87. The molecule has 124 valence electrons. The largest absolute Gasteiger partial charge is 0.494 e. The van der Waals surface area contributed by atoms with Crippen molar-refractivity contribution in [2.75, 3.05) is 13.2 Å². The molecule has 0 saturated heterocycles. The van der Waals surface area contributed by atoms with Gasteiger partial charge in [-0.2, -0.15) is 0 Å². The molecule has 2 amide bonds. The minimum Gasteiger partial charge on any atom is -0.494 e. The molecular formula is C16H20FN3O2S. The summed E-state index contributed by atoms with van der Waals surface area (Å²) in [6, 6.07) is 5.75. The molecular weight excluding hydrogens is 317 g/mol. The number of ether oxygens (including phenoxy) is 1. The summed E-state index contributed by atoms with van der Waals surface area (Å²) >= 11 is 1.57. The standard InChI is InChI=1S/C16H20FN3O2S/c1-12-19-10-15(23-12)11-20-16(21)18-8-2-3-9-22-14-6-4-13(17)5-7-14/h4-7,10H,2-3,8-9,11H2,1H3,(H2,18,20,21). The van der Waals surface area contributed by atoms with Crippen LogP contribution in [0.15, 0.2) is 30.5 Å². The average molecular weight is 337 g/mol. The van der Waals surface area contributed by atoms with Gasteiger partial charge in [-0.15, -0.1) is 11.3 Å². The van der Waals surface area contributed by atoms with Crippen molar-refractivity contribution in [1.82, 2.24) is 15.6 Å². The lowest BCUT2D eigenvalue weighted by Crippen LogP contribution is -2.35. The molecule has 1 aromatic carbocycles. The van der Waals surface area contributed by atoms with Crippen molar-refractivity contribution >= 4 is 17.4 Å². The molecule has 1 aromatic heterocycles. The molecule has 0 atom stereocenters. The van der Waals surface area contributed by atoms with Gasteiger partial charge in [0.15, 0.2) is 0 Å². The first-order valence-corrected chi connectivity index (χ1v) is 8.26. The van der Waals surface area contributed by atoms with E-state index in [9.17, 15) is 9.18 Å². The number of urea groups is 1. The molecule has 1 heterocycles. The molecule has 0 unspecified atom stereocenters. The van der Waals surface area contributed by atoms with E-state index in [1.807, 2.05) is 6.92 Å². The van der Waals surface area contributed by atoms with Gasteiger partial charge >= 0.3 is 6.03 Å². The van der Waals surface area contributed by atoms with Crippen molar-refractivity contribution in [2.45, 2.75) is 26.3 Å². The van der Waals surface area contributed by atoms with Gasteiger partial charge in [0, 0.05) is 17.6 Å². The monoisotopic (exact) mass is 337 g/mol. The van der Waals surface area contributed by atoms with Gasteiger partial charge in [-0.1, -0.05) is 0 Å². The number of unbranched alkanes of at least 4 members (excludes halogenated alkanes) is 1. The van der Waals surface area contributed by atoms with E-state index in [1.165, 1.54) is 12.1 Å². The second-order valence-corrected chi connectivity index (χ2v) is 6.28. The summed E-state index contributed by atoms with van der Waals surface area (Å²) in [5.74, 6) is 0.373. The van der Waals surface area contributed by atoms with Crippen LogP contribution in [0.25, 0.3) is 0 Å².